The standard InChI is InChI=1S/C19H21NO3/c1-2-11-23-15-6-4-3-5-14(15)20-18(21)16-12-7-8-13(10-9-12)17(16)19(20)22/h3-8,12-13,16-17H,2,9-11H2,1H3/t12-,13-,16-,17-/m0/s1. The van der Waals surface area contributed by atoms with E-state index in [1.54, 1.807) is 0 Å². The molecule has 0 unspecified atom stereocenters. The average molecular weight is 311 g/mol. The molecule has 1 aliphatic heterocycles. The van der Waals surface area contributed by atoms with Gasteiger partial charge in [-0.15, -0.1) is 0 Å². The zero-order chi connectivity index (χ0) is 16.0. The Hall–Kier alpha value is -2.10. The number of ether oxygens (including phenoxy) is 1. The van der Waals surface area contributed by atoms with Crippen LogP contribution in [0, 0.1) is 23.7 Å². The first kappa shape index (κ1) is 14.5. The second kappa shape index (κ2) is 5.52. The molecule has 0 aromatic heterocycles. The largest absolute Gasteiger partial charge is 0.491 e. The maximum atomic E-state index is 13.0. The van der Waals surface area contributed by atoms with E-state index >= 15 is 0 Å². The quantitative estimate of drug-likeness (QED) is 0.634. The molecule has 4 heteroatoms. The highest BCUT2D eigenvalue weighted by molar-refractivity contribution is 6.23. The van der Waals surface area contributed by atoms with E-state index in [1.807, 2.05) is 31.2 Å². The fraction of sp³-hybridized carbons (Fsp3) is 0.474. The van der Waals surface area contributed by atoms with Crippen molar-refractivity contribution in [2.24, 2.45) is 23.7 Å². The zero-order valence-corrected chi connectivity index (χ0v) is 13.3. The van der Waals surface area contributed by atoms with Gasteiger partial charge in [0.2, 0.25) is 11.8 Å². The Labute approximate surface area is 136 Å². The number of anilines is 1. The zero-order valence-electron chi connectivity index (χ0n) is 13.3. The summed E-state index contributed by atoms with van der Waals surface area (Å²) < 4.78 is 5.76. The number of nitrogens with zero attached hydrogens (tertiary/aromatic N) is 1. The monoisotopic (exact) mass is 311 g/mol. The van der Waals surface area contributed by atoms with Gasteiger partial charge in [-0.25, -0.2) is 4.90 Å². The molecule has 3 aliphatic carbocycles. The summed E-state index contributed by atoms with van der Waals surface area (Å²) in [7, 11) is 0. The van der Waals surface area contributed by atoms with Crippen molar-refractivity contribution in [1.82, 2.24) is 0 Å². The van der Waals surface area contributed by atoms with Gasteiger partial charge in [0.1, 0.15) is 5.75 Å². The van der Waals surface area contributed by atoms with Gasteiger partial charge in [-0.05, 0) is 43.2 Å². The van der Waals surface area contributed by atoms with Gasteiger partial charge in [0.15, 0.2) is 0 Å². The molecule has 0 N–H and O–H groups in total. The Morgan fingerprint density at radius 2 is 1.65 bits per heavy atom. The molecule has 4 atom stereocenters. The SMILES string of the molecule is CCCOc1ccccc1N1C(=O)[C@@H]2[C@@H](C1=O)[C@H]1C=C[C@H]2CC1. The molecule has 1 aromatic carbocycles. The lowest BCUT2D eigenvalue weighted by atomic mass is 9.63. The van der Waals surface area contributed by atoms with Gasteiger partial charge in [0.25, 0.3) is 0 Å². The van der Waals surface area contributed by atoms with Crippen LogP contribution in [0.4, 0.5) is 5.69 Å². The van der Waals surface area contributed by atoms with Gasteiger partial charge in [-0.2, -0.15) is 0 Å². The third kappa shape index (κ3) is 2.12. The molecule has 0 radical (unpaired) electrons. The predicted molar refractivity (Wildman–Crippen MR) is 87.1 cm³/mol. The third-order valence-corrected chi connectivity index (χ3v) is 5.33. The minimum absolute atomic E-state index is 0.0494. The highest BCUT2D eigenvalue weighted by Crippen LogP contribution is 2.51. The van der Waals surface area contributed by atoms with Crippen LogP contribution in [-0.2, 0) is 9.59 Å². The van der Waals surface area contributed by atoms with Crippen molar-refractivity contribution in [2.45, 2.75) is 26.2 Å². The van der Waals surface area contributed by atoms with Crippen molar-refractivity contribution in [2.75, 3.05) is 11.5 Å². The molecule has 0 spiro atoms. The van der Waals surface area contributed by atoms with Crippen molar-refractivity contribution >= 4 is 17.5 Å². The number of allylic oxidation sites excluding steroid dienone is 2. The molecule has 2 fully saturated rings. The van der Waals surface area contributed by atoms with E-state index in [-0.39, 0.29) is 35.5 Å². The lowest BCUT2D eigenvalue weighted by molar-refractivity contribution is -0.124. The second-order valence-electron chi connectivity index (χ2n) is 6.67. The molecule has 2 amide bonds. The summed E-state index contributed by atoms with van der Waals surface area (Å²) >= 11 is 0. The van der Waals surface area contributed by atoms with Crippen molar-refractivity contribution in [3.05, 3.63) is 36.4 Å². The summed E-state index contributed by atoms with van der Waals surface area (Å²) in [5.41, 5.74) is 0.602. The fourth-order valence-electron chi connectivity index (χ4n) is 4.29. The number of carbonyl (C=O) groups excluding carboxylic acids is 2. The van der Waals surface area contributed by atoms with Gasteiger partial charge < -0.3 is 4.74 Å². The Morgan fingerprint density at radius 3 is 2.22 bits per heavy atom. The molecule has 1 heterocycles. The summed E-state index contributed by atoms with van der Waals surface area (Å²) in [6.07, 6.45) is 7.20. The minimum Gasteiger partial charge on any atom is -0.491 e. The van der Waals surface area contributed by atoms with Crippen LogP contribution in [0.15, 0.2) is 36.4 Å². The van der Waals surface area contributed by atoms with Crippen LogP contribution in [0.3, 0.4) is 0 Å². The van der Waals surface area contributed by atoms with E-state index in [2.05, 4.69) is 12.2 Å². The van der Waals surface area contributed by atoms with Crippen LogP contribution >= 0.6 is 0 Å². The van der Waals surface area contributed by atoms with E-state index in [0.717, 1.165) is 19.3 Å². The Bertz CT molecular complexity index is 649. The van der Waals surface area contributed by atoms with Crippen molar-refractivity contribution < 1.29 is 14.3 Å². The van der Waals surface area contributed by atoms with Crippen LogP contribution in [-0.4, -0.2) is 18.4 Å². The van der Waals surface area contributed by atoms with E-state index in [9.17, 15) is 9.59 Å². The Kier molecular flexibility index (Phi) is 3.47. The lowest BCUT2D eigenvalue weighted by Crippen LogP contribution is -2.38. The van der Waals surface area contributed by atoms with Crippen molar-refractivity contribution in [3.8, 4) is 5.75 Å². The maximum Gasteiger partial charge on any atom is 0.238 e. The number of benzene rings is 1. The maximum absolute atomic E-state index is 13.0. The van der Waals surface area contributed by atoms with E-state index in [0.29, 0.717) is 18.0 Å². The summed E-state index contributed by atoms with van der Waals surface area (Å²) in [4.78, 5) is 27.4. The van der Waals surface area contributed by atoms with Gasteiger partial charge in [0, 0.05) is 0 Å². The first-order valence-corrected chi connectivity index (χ1v) is 8.50. The van der Waals surface area contributed by atoms with Crippen LogP contribution < -0.4 is 9.64 Å². The molecule has 1 aromatic rings. The molecule has 4 nitrogen and oxygen atoms in total. The Balaban J connectivity index is 1.71. The number of imide groups is 1. The predicted octanol–water partition coefficient (Wildman–Crippen LogP) is 3.18. The number of hydrogen-bond acceptors (Lipinski definition) is 3. The topological polar surface area (TPSA) is 46.6 Å². The van der Waals surface area contributed by atoms with E-state index < -0.39 is 0 Å². The smallest absolute Gasteiger partial charge is 0.238 e. The molecule has 5 rings (SSSR count). The molecular weight excluding hydrogens is 290 g/mol. The van der Waals surface area contributed by atoms with Crippen LogP contribution in [0.25, 0.3) is 0 Å². The van der Waals surface area contributed by atoms with E-state index in [4.69, 9.17) is 4.74 Å². The summed E-state index contributed by atoms with van der Waals surface area (Å²) in [6.45, 7) is 2.61. The summed E-state index contributed by atoms with van der Waals surface area (Å²) in [5.74, 6) is 0.606. The minimum atomic E-state index is -0.175. The van der Waals surface area contributed by atoms with Crippen molar-refractivity contribution in [3.63, 3.8) is 0 Å². The number of fused-ring (bicyclic) bond motifs is 1. The molecule has 120 valence electrons. The fourth-order valence-corrected chi connectivity index (χ4v) is 4.29. The third-order valence-electron chi connectivity index (χ3n) is 5.33. The molecular formula is C19H21NO3. The highest BCUT2D eigenvalue weighted by Gasteiger charge is 2.57. The van der Waals surface area contributed by atoms with Gasteiger partial charge in [-0.1, -0.05) is 31.2 Å². The van der Waals surface area contributed by atoms with Gasteiger partial charge >= 0.3 is 0 Å². The average Bonchev–Trinajstić information content (AvgIpc) is 2.88. The van der Waals surface area contributed by atoms with Crippen LogP contribution in [0.2, 0.25) is 0 Å². The molecule has 1 saturated carbocycles. The Morgan fingerprint density at radius 1 is 1.04 bits per heavy atom. The lowest BCUT2D eigenvalue weighted by Gasteiger charge is -2.38. The first-order valence-electron chi connectivity index (χ1n) is 8.50. The summed E-state index contributed by atoms with van der Waals surface area (Å²) in [6, 6.07) is 7.37. The number of para-hydroxylation sites is 2. The van der Waals surface area contributed by atoms with E-state index in [1.165, 1.54) is 4.90 Å². The number of hydrogen-bond donors (Lipinski definition) is 0. The normalized spacial score (nSPS) is 31.6. The molecule has 2 bridgehead atoms. The van der Waals surface area contributed by atoms with Gasteiger partial charge in [-0.3, -0.25) is 9.59 Å². The second-order valence-corrected chi connectivity index (χ2v) is 6.67. The molecule has 23 heavy (non-hydrogen) atoms. The number of carbonyl (C=O) groups is 2. The van der Waals surface area contributed by atoms with Crippen LogP contribution in [0.5, 0.6) is 5.75 Å². The summed E-state index contributed by atoms with van der Waals surface area (Å²) in [5, 5.41) is 0. The highest BCUT2D eigenvalue weighted by atomic mass is 16.5. The molecule has 4 aliphatic rings. The van der Waals surface area contributed by atoms with Gasteiger partial charge in [0.05, 0.1) is 24.1 Å². The molecule has 1 saturated heterocycles. The first-order chi connectivity index (χ1) is 11.2. The number of amides is 2. The number of rotatable bonds is 4. The van der Waals surface area contributed by atoms with Crippen molar-refractivity contribution in [1.29, 1.82) is 0 Å². The van der Waals surface area contributed by atoms with Crippen LogP contribution in [0.1, 0.15) is 26.2 Å².